The minimum Gasteiger partial charge on any atom is -0.440 e. The van der Waals surface area contributed by atoms with Crippen LogP contribution in [-0.2, 0) is 4.74 Å². The van der Waals surface area contributed by atoms with Gasteiger partial charge in [0.05, 0.1) is 5.92 Å². The van der Waals surface area contributed by atoms with Crippen molar-refractivity contribution in [1.82, 2.24) is 4.90 Å². The quantitative estimate of drug-likeness (QED) is 0.535. The van der Waals surface area contributed by atoms with Crippen LogP contribution in [0.5, 0.6) is 0 Å². The van der Waals surface area contributed by atoms with Crippen molar-refractivity contribution < 1.29 is 4.74 Å². The molecule has 4 nitrogen and oxygen atoms in total. The zero-order chi connectivity index (χ0) is 23.5. The lowest BCUT2D eigenvalue weighted by Crippen LogP contribution is -2.41. The van der Waals surface area contributed by atoms with Gasteiger partial charge in [0, 0.05) is 34.5 Å². The molecule has 0 bridgehead atoms. The first kappa shape index (κ1) is 23.6. The molecule has 0 radical (unpaired) electrons. The summed E-state index contributed by atoms with van der Waals surface area (Å²) in [6.07, 6.45) is 6.33. The fourth-order valence-corrected chi connectivity index (χ4v) is 5.16. The van der Waals surface area contributed by atoms with E-state index in [9.17, 15) is 5.26 Å². The Hall–Kier alpha value is -2.59. The van der Waals surface area contributed by atoms with Crippen LogP contribution in [0.4, 0.5) is 0 Å². The van der Waals surface area contributed by atoms with Crippen molar-refractivity contribution in [2.45, 2.75) is 35.6 Å². The van der Waals surface area contributed by atoms with Gasteiger partial charge in [0.1, 0.15) is 17.4 Å². The van der Waals surface area contributed by atoms with E-state index in [1.807, 2.05) is 0 Å². The molecule has 33 heavy (non-hydrogen) atoms. The number of thioether (sulfide) groups is 2. The number of benzene rings is 2. The maximum Gasteiger partial charge on any atom is 0.205 e. The van der Waals surface area contributed by atoms with Crippen LogP contribution in [0.25, 0.3) is 6.08 Å². The first-order chi connectivity index (χ1) is 15.9. The van der Waals surface area contributed by atoms with Gasteiger partial charge in [-0.25, -0.2) is 0 Å². The summed E-state index contributed by atoms with van der Waals surface area (Å²) in [6.45, 7) is 5.92. The van der Waals surface area contributed by atoms with Crippen molar-refractivity contribution >= 4 is 29.6 Å². The Morgan fingerprint density at radius 1 is 1.03 bits per heavy atom. The number of nitriles is 1. The fourth-order valence-electron chi connectivity index (χ4n) is 4.34. The molecule has 2 aliphatic rings. The number of hydrogen-bond acceptors (Lipinski definition) is 6. The molecule has 0 saturated carbocycles. The molecule has 2 N–H and O–H groups in total. The molecular weight excluding hydrogens is 446 g/mol. The molecule has 2 aliphatic heterocycles. The summed E-state index contributed by atoms with van der Waals surface area (Å²) in [6, 6.07) is 19.7. The van der Waals surface area contributed by atoms with Gasteiger partial charge >= 0.3 is 0 Å². The topological polar surface area (TPSA) is 62.3 Å². The van der Waals surface area contributed by atoms with E-state index in [2.05, 4.69) is 91.9 Å². The standard InChI is InChI=1S/C27H29N3OS2/c1-17(2)30-15-20(13-18-5-9-21(32-3)10-6-18)26-24(16-30)25(23(14-28)27(29)31-26)19-7-11-22(33-4)12-8-19/h5-13,17,25H,15-16,29H2,1-4H3/b20-13+/t25-/m0/s1. The van der Waals surface area contributed by atoms with E-state index in [0.29, 0.717) is 11.6 Å². The van der Waals surface area contributed by atoms with Crippen molar-refractivity contribution in [1.29, 1.82) is 5.26 Å². The maximum atomic E-state index is 9.98. The lowest BCUT2D eigenvalue weighted by Gasteiger charge is -2.40. The zero-order valence-electron chi connectivity index (χ0n) is 19.5. The predicted octanol–water partition coefficient (Wildman–Crippen LogP) is 6.00. The molecule has 1 atom stereocenters. The summed E-state index contributed by atoms with van der Waals surface area (Å²) in [7, 11) is 0. The molecular formula is C27H29N3OS2. The molecule has 0 aromatic heterocycles. The molecule has 4 rings (SSSR count). The molecule has 0 unspecified atom stereocenters. The van der Waals surface area contributed by atoms with Gasteiger partial charge in [-0.05, 0) is 73.4 Å². The van der Waals surface area contributed by atoms with E-state index >= 15 is 0 Å². The molecule has 0 spiro atoms. The van der Waals surface area contributed by atoms with Crippen LogP contribution in [0.2, 0.25) is 0 Å². The molecule has 0 aliphatic carbocycles. The summed E-state index contributed by atoms with van der Waals surface area (Å²) < 4.78 is 6.16. The largest absolute Gasteiger partial charge is 0.440 e. The lowest BCUT2D eigenvalue weighted by molar-refractivity contribution is 0.208. The molecule has 6 heteroatoms. The van der Waals surface area contributed by atoms with Crippen LogP contribution >= 0.6 is 23.5 Å². The Kier molecular flexibility index (Phi) is 7.23. The van der Waals surface area contributed by atoms with Crippen LogP contribution in [-0.4, -0.2) is 36.5 Å². The third-order valence-corrected chi connectivity index (χ3v) is 7.69. The Balaban J connectivity index is 1.84. The van der Waals surface area contributed by atoms with Gasteiger partial charge in [-0.2, -0.15) is 5.26 Å². The first-order valence-corrected chi connectivity index (χ1v) is 13.4. The molecule has 2 aromatic rings. The number of ether oxygens (including phenoxy) is 1. The number of nitrogens with zero attached hydrogens (tertiary/aromatic N) is 2. The maximum absolute atomic E-state index is 9.98. The van der Waals surface area contributed by atoms with Gasteiger partial charge in [-0.15, -0.1) is 23.5 Å². The Bertz CT molecular complexity index is 1160. The van der Waals surface area contributed by atoms with E-state index in [1.54, 1.807) is 23.5 Å². The lowest BCUT2D eigenvalue weighted by atomic mass is 9.80. The van der Waals surface area contributed by atoms with Gasteiger partial charge in [0.2, 0.25) is 5.88 Å². The van der Waals surface area contributed by atoms with Gasteiger partial charge in [0.15, 0.2) is 0 Å². The molecule has 2 heterocycles. The second kappa shape index (κ2) is 10.1. The van der Waals surface area contributed by atoms with Gasteiger partial charge in [-0.1, -0.05) is 24.3 Å². The Morgan fingerprint density at radius 2 is 1.64 bits per heavy atom. The monoisotopic (exact) mass is 475 g/mol. The summed E-state index contributed by atoms with van der Waals surface area (Å²) >= 11 is 3.44. The van der Waals surface area contributed by atoms with Crippen LogP contribution in [0, 0.1) is 11.3 Å². The van der Waals surface area contributed by atoms with Crippen LogP contribution < -0.4 is 5.73 Å². The highest BCUT2D eigenvalue weighted by atomic mass is 32.2. The fraction of sp³-hybridized carbons (Fsp3) is 0.296. The SMILES string of the molecule is CSc1ccc(/C=C2\CN(C(C)C)CC3=C2OC(N)=C(C#N)[C@@H]3c2ccc(SC)cc2)cc1. The number of rotatable bonds is 5. The van der Waals surface area contributed by atoms with E-state index < -0.39 is 0 Å². The third kappa shape index (κ3) is 4.86. The molecule has 2 aromatic carbocycles. The highest BCUT2D eigenvalue weighted by molar-refractivity contribution is 7.98. The van der Waals surface area contributed by atoms with E-state index in [0.717, 1.165) is 41.1 Å². The second-order valence-electron chi connectivity index (χ2n) is 8.49. The van der Waals surface area contributed by atoms with E-state index in [4.69, 9.17) is 10.5 Å². The molecule has 0 amide bonds. The predicted molar refractivity (Wildman–Crippen MR) is 139 cm³/mol. The van der Waals surface area contributed by atoms with Gasteiger partial charge in [-0.3, -0.25) is 4.90 Å². The van der Waals surface area contributed by atoms with Crippen LogP contribution in [0.15, 0.2) is 86.7 Å². The molecule has 170 valence electrons. The minimum atomic E-state index is -0.210. The van der Waals surface area contributed by atoms with Crippen molar-refractivity contribution in [3.8, 4) is 6.07 Å². The number of nitrogens with two attached hydrogens (primary N) is 1. The summed E-state index contributed by atoms with van der Waals surface area (Å²) in [5.41, 5.74) is 11.2. The van der Waals surface area contributed by atoms with Crippen LogP contribution in [0.3, 0.4) is 0 Å². The second-order valence-corrected chi connectivity index (χ2v) is 10.3. The van der Waals surface area contributed by atoms with Crippen molar-refractivity contribution in [2.24, 2.45) is 5.73 Å². The Labute approximate surface area is 205 Å². The average molecular weight is 476 g/mol. The first-order valence-electron chi connectivity index (χ1n) is 11.0. The third-order valence-electron chi connectivity index (χ3n) is 6.20. The highest BCUT2D eigenvalue weighted by Gasteiger charge is 2.38. The van der Waals surface area contributed by atoms with E-state index in [-0.39, 0.29) is 11.8 Å². The summed E-state index contributed by atoms with van der Waals surface area (Å²) in [5, 5.41) is 9.98. The zero-order valence-corrected chi connectivity index (χ0v) is 21.1. The molecule has 0 fully saturated rings. The summed E-state index contributed by atoms with van der Waals surface area (Å²) in [4.78, 5) is 4.85. The number of allylic oxidation sites excluding steroid dienone is 1. The summed E-state index contributed by atoms with van der Waals surface area (Å²) in [5.74, 6) is 0.812. The van der Waals surface area contributed by atoms with Crippen molar-refractivity contribution in [3.05, 3.63) is 88.0 Å². The minimum absolute atomic E-state index is 0.205. The molecule has 0 saturated heterocycles. The average Bonchev–Trinajstić information content (AvgIpc) is 2.84. The highest BCUT2D eigenvalue weighted by Crippen LogP contribution is 2.44. The smallest absolute Gasteiger partial charge is 0.205 e. The van der Waals surface area contributed by atoms with Crippen molar-refractivity contribution in [3.63, 3.8) is 0 Å². The normalized spacial score (nSPS) is 20.1. The van der Waals surface area contributed by atoms with Gasteiger partial charge in [0.25, 0.3) is 0 Å². The van der Waals surface area contributed by atoms with Crippen LogP contribution in [0.1, 0.15) is 30.9 Å². The van der Waals surface area contributed by atoms with Gasteiger partial charge < -0.3 is 10.5 Å². The van der Waals surface area contributed by atoms with Crippen molar-refractivity contribution in [2.75, 3.05) is 25.6 Å². The number of hydrogen-bond donors (Lipinski definition) is 1. The van der Waals surface area contributed by atoms with E-state index in [1.165, 1.54) is 9.79 Å². The Morgan fingerprint density at radius 3 is 2.18 bits per heavy atom.